The van der Waals surface area contributed by atoms with Crippen molar-refractivity contribution in [3.8, 4) is 0 Å². The molecule has 4 heteroatoms. The highest BCUT2D eigenvalue weighted by Gasteiger charge is 2.18. The van der Waals surface area contributed by atoms with Gasteiger partial charge in [0, 0.05) is 44.1 Å². The maximum Gasteiger partial charge on any atom is 0.0537 e. The monoisotopic (exact) mass is 237 g/mol. The summed E-state index contributed by atoms with van der Waals surface area (Å²) < 4.78 is 7.33. The molecule has 1 aromatic rings. The van der Waals surface area contributed by atoms with Gasteiger partial charge in [-0.25, -0.2) is 0 Å². The van der Waals surface area contributed by atoms with E-state index in [9.17, 15) is 0 Å². The molecule has 96 valence electrons. The highest BCUT2D eigenvalue weighted by Crippen LogP contribution is 2.18. The Morgan fingerprint density at radius 3 is 3.06 bits per heavy atom. The Morgan fingerprint density at radius 1 is 1.65 bits per heavy atom. The van der Waals surface area contributed by atoms with Gasteiger partial charge in [0.1, 0.15) is 0 Å². The summed E-state index contributed by atoms with van der Waals surface area (Å²) >= 11 is 0. The van der Waals surface area contributed by atoms with Crippen molar-refractivity contribution in [1.82, 2.24) is 15.1 Å². The molecule has 1 fully saturated rings. The molecule has 1 N–H and O–H groups in total. The van der Waals surface area contributed by atoms with E-state index in [4.69, 9.17) is 4.74 Å². The van der Waals surface area contributed by atoms with E-state index < -0.39 is 0 Å². The van der Waals surface area contributed by atoms with Gasteiger partial charge in [-0.3, -0.25) is 4.68 Å². The minimum atomic E-state index is 0.543. The van der Waals surface area contributed by atoms with Gasteiger partial charge >= 0.3 is 0 Å². The Kier molecular flexibility index (Phi) is 4.18. The van der Waals surface area contributed by atoms with Gasteiger partial charge < -0.3 is 10.1 Å². The van der Waals surface area contributed by atoms with Gasteiger partial charge in [0.2, 0.25) is 0 Å². The number of nitrogens with one attached hydrogen (secondary N) is 1. The lowest BCUT2D eigenvalue weighted by molar-refractivity contribution is 0.182. The third-order valence-corrected chi connectivity index (χ3v) is 3.69. The van der Waals surface area contributed by atoms with Crippen molar-refractivity contribution in [2.24, 2.45) is 13.0 Å². The maximum atomic E-state index is 5.40. The molecule has 2 heterocycles. The van der Waals surface area contributed by atoms with Crippen molar-refractivity contribution in [3.63, 3.8) is 0 Å². The Bertz CT molecular complexity index is 356. The summed E-state index contributed by atoms with van der Waals surface area (Å²) in [6, 6.07) is 0.543. The van der Waals surface area contributed by atoms with Gasteiger partial charge in [-0.1, -0.05) is 0 Å². The zero-order valence-corrected chi connectivity index (χ0v) is 11.1. The molecule has 0 aromatic carbocycles. The molecular formula is C13H23N3O. The molecule has 0 unspecified atom stereocenters. The van der Waals surface area contributed by atoms with E-state index in [1.165, 1.54) is 24.1 Å². The molecule has 0 radical (unpaired) electrons. The molecule has 1 aliphatic heterocycles. The van der Waals surface area contributed by atoms with Crippen LogP contribution in [0.15, 0.2) is 6.20 Å². The second-order valence-electron chi connectivity index (χ2n) is 5.13. The molecule has 17 heavy (non-hydrogen) atoms. The second-order valence-corrected chi connectivity index (χ2v) is 5.13. The Morgan fingerprint density at radius 2 is 2.47 bits per heavy atom. The highest BCUT2D eigenvalue weighted by atomic mass is 16.5. The summed E-state index contributed by atoms with van der Waals surface area (Å²) in [6.07, 6.45) is 4.38. The third kappa shape index (κ3) is 3.30. The van der Waals surface area contributed by atoms with E-state index in [-0.39, 0.29) is 0 Å². The summed E-state index contributed by atoms with van der Waals surface area (Å²) in [5.41, 5.74) is 2.54. The van der Waals surface area contributed by atoms with Gasteiger partial charge in [0.05, 0.1) is 6.20 Å². The number of aryl methyl sites for hydroxylation is 1. The first kappa shape index (κ1) is 12.6. The van der Waals surface area contributed by atoms with Gasteiger partial charge in [0.15, 0.2) is 0 Å². The SMILES string of the molecule is Cc1c(CN[C@H](C)C[C@H]2CCOC2)cnn1C. The van der Waals surface area contributed by atoms with Crippen LogP contribution in [-0.2, 0) is 18.3 Å². The molecule has 0 spiro atoms. The van der Waals surface area contributed by atoms with E-state index in [2.05, 4.69) is 24.3 Å². The highest BCUT2D eigenvalue weighted by molar-refractivity contribution is 5.15. The lowest BCUT2D eigenvalue weighted by atomic mass is 10.00. The fourth-order valence-electron chi connectivity index (χ4n) is 2.35. The van der Waals surface area contributed by atoms with Gasteiger partial charge in [-0.15, -0.1) is 0 Å². The van der Waals surface area contributed by atoms with Crippen LogP contribution in [0.1, 0.15) is 31.0 Å². The number of rotatable bonds is 5. The van der Waals surface area contributed by atoms with Crippen LogP contribution in [0.3, 0.4) is 0 Å². The molecule has 2 rings (SSSR count). The van der Waals surface area contributed by atoms with Crippen molar-refractivity contribution in [2.75, 3.05) is 13.2 Å². The van der Waals surface area contributed by atoms with E-state index in [0.29, 0.717) is 6.04 Å². The number of hydrogen-bond acceptors (Lipinski definition) is 3. The molecule has 0 aliphatic carbocycles. The first-order valence-electron chi connectivity index (χ1n) is 6.45. The Hall–Kier alpha value is -0.870. The smallest absolute Gasteiger partial charge is 0.0537 e. The number of hydrogen-bond donors (Lipinski definition) is 1. The average molecular weight is 237 g/mol. The van der Waals surface area contributed by atoms with E-state index in [1.807, 2.05) is 17.9 Å². The van der Waals surface area contributed by atoms with E-state index in [1.54, 1.807) is 0 Å². The van der Waals surface area contributed by atoms with Crippen molar-refractivity contribution >= 4 is 0 Å². The fourth-order valence-corrected chi connectivity index (χ4v) is 2.35. The number of nitrogens with zero attached hydrogens (tertiary/aromatic N) is 2. The van der Waals surface area contributed by atoms with Crippen molar-refractivity contribution in [3.05, 3.63) is 17.5 Å². The number of aromatic nitrogens is 2. The zero-order valence-electron chi connectivity index (χ0n) is 11.1. The van der Waals surface area contributed by atoms with Crippen LogP contribution in [0.2, 0.25) is 0 Å². The summed E-state index contributed by atoms with van der Waals surface area (Å²) in [5.74, 6) is 0.743. The lowest BCUT2D eigenvalue weighted by Gasteiger charge is -2.16. The van der Waals surface area contributed by atoms with Crippen LogP contribution >= 0.6 is 0 Å². The predicted octanol–water partition coefficient (Wildman–Crippen LogP) is 1.63. The maximum absolute atomic E-state index is 5.40. The zero-order chi connectivity index (χ0) is 12.3. The van der Waals surface area contributed by atoms with E-state index >= 15 is 0 Å². The van der Waals surface area contributed by atoms with E-state index in [0.717, 1.165) is 25.7 Å². The molecule has 0 saturated carbocycles. The van der Waals surface area contributed by atoms with Crippen molar-refractivity contribution < 1.29 is 4.74 Å². The minimum Gasteiger partial charge on any atom is -0.381 e. The molecule has 1 aliphatic rings. The standard InChI is InChI=1S/C13H23N3O/c1-10(6-12-4-5-17-9-12)14-7-13-8-15-16(3)11(13)2/h8,10,12,14H,4-7,9H2,1-3H3/t10-,12-/m1/s1. The van der Waals surface area contributed by atoms with Crippen LogP contribution in [0.25, 0.3) is 0 Å². The largest absolute Gasteiger partial charge is 0.381 e. The molecule has 0 amide bonds. The lowest BCUT2D eigenvalue weighted by Crippen LogP contribution is -2.28. The van der Waals surface area contributed by atoms with Gasteiger partial charge in [-0.05, 0) is 32.6 Å². The topological polar surface area (TPSA) is 39.1 Å². The average Bonchev–Trinajstić information content (AvgIpc) is 2.90. The van der Waals surface area contributed by atoms with Gasteiger partial charge in [0.25, 0.3) is 0 Å². The third-order valence-electron chi connectivity index (χ3n) is 3.69. The van der Waals surface area contributed by atoms with Crippen LogP contribution in [-0.4, -0.2) is 29.0 Å². The number of ether oxygens (including phenoxy) is 1. The van der Waals surface area contributed by atoms with Gasteiger partial charge in [-0.2, -0.15) is 5.10 Å². The van der Waals surface area contributed by atoms with Crippen LogP contribution in [0.5, 0.6) is 0 Å². The minimum absolute atomic E-state index is 0.543. The summed E-state index contributed by atoms with van der Waals surface area (Å²) in [7, 11) is 1.98. The molecular weight excluding hydrogens is 214 g/mol. The normalized spacial score (nSPS) is 21.9. The Labute approximate surface area is 103 Å². The van der Waals surface area contributed by atoms with Crippen LogP contribution < -0.4 is 5.32 Å². The second kappa shape index (κ2) is 5.65. The first-order valence-corrected chi connectivity index (χ1v) is 6.45. The molecule has 4 nitrogen and oxygen atoms in total. The molecule has 1 saturated heterocycles. The molecule has 2 atom stereocenters. The summed E-state index contributed by atoms with van der Waals surface area (Å²) in [5, 5.41) is 7.83. The van der Waals surface area contributed by atoms with Crippen LogP contribution in [0, 0.1) is 12.8 Å². The molecule has 0 bridgehead atoms. The Balaban J connectivity index is 1.75. The summed E-state index contributed by atoms with van der Waals surface area (Å²) in [6.45, 7) is 7.16. The quantitative estimate of drug-likeness (QED) is 0.846. The molecule has 1 aromatic heterocycles. The van der Waals surface area contributed by atoms with Crippen molar-refractivity contribution in [1.29, 1.82) is 0 Å². The first-order chi connectivity index (χ1) is 8.16. The van der Waals surface area contributed by atoms with Crippen molar-refractivity contribution in [2.45, 2.75) is 39.3 Å². The predicted molar refractivity (Wildman–Crippen MR) is 67.8 cm³/mol. The van der Waals surface area contributed by atoms with Crippen LogP contribution in [0.4, 0.5) is 0 Å². The summed E-state index contributed by atoms with van der Waals surface area (Å²) in [4.78, 5) is 0. The fraction of sp³-hybridized carbons (Fsp3) is 0.769.